The Morgan fingerprint density at radius 1 is 1.31 bits per heavy atom. The molecule has 4 nitrogen and oxygen atoms in total. The molecule has 13 heavy (non-hydrogen) atoms. The molecule has 0 aliphatic carbocycles. The van der Waals surface area contributed by atoms with E-state index in [4.69, 9.17) is 9.47 Å². The van der Waals surface area contributed by atoms with Crippen molar-refractivity contribution in [2.75, 3.05) is 13.2 Å². The largest absolute Gasteiger partial charge is 0.485 e. The van der Waals surface area contributed by atoms with Gasteiger partial charge in [0, 0.05) is 6.07 Å². The van der Waals surface area contributed by atoms with Gasteiger partial charge in [0.05, 0.1) is 13.2 Å². The fraction of sp³-hybridized carbons (Fsp3) is 0.556. The number of nitrogens with one attached hydrogen (secondary N) is 1. The lowest BCUT2D eigenvalue weighted by Crippen LogP contribution is -2.16. The van der Waals surface area contributed by atoms with E-state index in [1.165, 1.54) is 0 Å². The monoisotopic (exact) mass is 183 g/mol. The molecule has 0 spiro atoms. The Bertz CT molecular complexity index is 276. The Kier molecular flexibility index (Phi) is 3.49. The lowest BCUT2D eigenvalue weighted by Gasteiger charge is -2.03. The molecule has 0 saturated heterocycles. The highest BCUT2D eigenvalue weighted by Crippen LogP contribution is 2.20. The fourth-order valence-electron chi connectivity index (χ4n) is 0.992. The van der Waals surface area contributed by atoms with Crippen molar-refractivity contribution < 1.29 is 14.6 Å². The smallest absolute Gasteiger partial charge is 0.434 e. The van der Waals surface area contributed by atoms with E-state index in [1.807, 2.05) is 26.8 Å². The van der Waals surface area contributed by atoms with Gasteiger partial charge in [0.15, 0.2) is 0 Å². The van der Waals surface area contributed by atoms with Crippen LogP contribution in [0.15, 0.2) is 6.07 Å². The molecule has 0 saturated carbocycles. The van der Waals surface area contributed by atoms with Crippen molar-refractivity contribution in [2.45, 2.75) is 20.8 Å². The molecule has 1 N–H and O–H groups in total. The maximum absolute atomic E-state index is 5.37. The van der Waals surface area contributed by atoms with Crippen LogP contribution in [0.4, 0.5) is 0 Å². The van der Waals surface area contributed by atoms with E-state index in [1.54, 1.807) is 0 Å². The highest BCUT2D eigenvalue weighted by atomic mass is 16.5. The van der Waals surface area contributed by atoms with Gasteiger partial charge in [-0.1, -0.05) is 5.10 Å². The van der Waals surface area contributed by atoms with Crippen molar-refractivity contribution in [3.8, 4) is 11.6 Å². The average molecular weight is 183 g/mol. The summed E-state index contributed by atoms with van der Waals surface area (Å²) in [6, 6.07) is 1.85. The second-order valence-corrected chi connectivity index (χ2v) is 2.57. The van der Waals surface area contributed by atoms with Crippen LogP contribution >= 0.6 is 0 Å². The lowest BCUT2D eigenvalue weighted by molar-refractivity contribution is -0.469. The van der Waals surface area contributed by atoms with E-state index in [9.17, 15) is 0 Å². The molecule has 0 fully saturated rings. The van der Waals surface area contributed by atoms with Crippen molar-refractivity contribution >= 4 is 0 Å². The van der Waals surface area contributed by atoms with Crippen LogP contribution in [0.5, 0.6) is 11.6 Å². The minimum Gasteiger partial charge on any atom is -0.485 e. The molecule has 0 aromatic carbocycles. The number of aryl methyl sites for hydroxylation is 1. The first-order valence-corrected chi connectivity index (χ1v) is 4.42. The van der Waals surface area contributed by atoms with E-state index in [0.29, 0.717) is 19.1 Å². The number of H-pyrrole nitrogens is 1. The summed E-state index contributed by atoms with van der Waals surface area (Å²) < 4.78 is 10.7. The van der Waals surface area contributed by atoms with Crippen LogP contribution in [0.2, 0.25) is 0 Å². The predicted molar refractivity (Wildman–Crippen MR) is 47.9 cm³/mol. The number of nitrogens with zero attached hydrogens (tertiary/aromatic N) is 1. The van der Waals surface area contributed by atoms with Crippen LogP contribution < -0.4 is 14.6 Å². The molecule has 0 unspecified atom stereocenters. The van der Waals surface area contributed by atoms with Crippen molar-refractivity contribution in [1.29, 1.82) is 0 Å². The number of ether oxygens (including phenoxy) is 2. The van der Waals surface area contributed by atoms with Crippen molar-refractivity contribution in [1.82, 2.24) is 5.10 Å². The quantitative estimate of drug-likeness (QED) is 0.699. The normalized spacial score (nSPS) is 9.77. The molecule has 1 rings (SSSR count). The van der Waals surface area contributed by atoms with Gasteiger partial charge in [-0.2, -0.15) is 0 Å². The number of hydrogen-bond acceptors (Lipinski definition) is 3. The highest BCUT2D eigenvalue weighted by molar-refractivity contribution is 5.29. The third-order valence-electron chi connectivity index (χ3n) is 1.49. The van der Waals surface area contributed by atoms with Gasteiger partial charge in [0.1, 0.15) is 5.69 Å². The van der Waals surface area contributed by atoms with Crippen molar-refractivity contribution in [3.63, 3.8) is 0 Å². The van der Waals surface area contributed by atoms with Crippen LogP contribution in [0.1, 0.15) is 19.5 Å². The minimum atomic E-state index is 0.593. The summed E-state index contributed by atoms with van der Waals surface area (Å²) in [5.41, 5.74) is 0.881. The molecule has 1 heterocycles. The van der Waals surface area contributed by atoms with Crippen LogP contribution in [0.25, 0.3) is 0 Å². The van der Waals surface area contributed by atoms with Gasteiger partial charge in [-0.3, -0.25) is 0 Å². The first-order valence-electron chi connectivity index (χ1n) is 4.42. The van der Waals surface area contributed by atoms with Crippen LogP contribution in [0.3, 0.4) is 0 Å². The average Bonchev–Trinajstić information content (AvgIpc) is 2.10. The van der Waals surface area contributed by atoms with E-state index in [0.717, 1.165) is 11.4 Å². The molecule has 1 aromatic rings. The Hall–Kier alpha value is -1.32. The van der Waals surface area contributed by atoms with Gasteiger partial charge >= 0.3 is 5.88 Å². The highest BCUT2D eigenvalue weighted by Gasteiger charge is 2.13. The standard InChI is InChI=1S/C9H14N2O2/c1-4-12-8-6-7(3)10-11-9(8)13-5-2/h6H,4-5H2,1-3H3/p+1. The lowest BCUT2D eigenvalue weighted by atomic mass is 10.4. The third kappa shape index (κ3) is 2.57. The fourth-order valence-corrected chi connectivity index (χ4v) is 0.992. The topological polar surface area (TPSA) is 45.5 Å². The maximum atomic E-state index is 5.37. The zero-order valence-corrected chi connectivity index (χ0v) is 8.26. The zero-order chi connectivity index (χ0) is 9.68. The molecule has 1 aromatic heterocycles. The second kappa shape index (κ2) is 4.64. The summed E-state index contributed by atoms with van der Waals surface area (Å²) in [6.07, 6.45) is 0. The van der Waals surface area contributed by atoms with Gasteiger partial charge < -0.3 is 9.47 Å². The minimum absolute atomic E-state index is 0.593. The molecule has 4 heteroatoms. The summed E-state index contributed by atoms with van der Waals surface area (Å²) in [7, 11) is 0. The summed E-state index contributed by atoms with van der Waals surface area (Å²) in [5.74, 6) is 1.31. The number of aromatic amines is 1. The van der Waals surface area contributed by atoms with Crippen molar-refractivity contribution in [2.24, 2.45) is 0 Å². The SMILES string of the molecule is CCOc1cc(C)n[nH+]c1OCC. The first-order chi connectivity index (χ1) is 6.27. The molecule has 0 amide bonds. The van der Waals surface area contributed by atoms with E-state index in [-0.39, 0.29) is 0 Å². The van der Waals surface area contributed by atoms with Crippen LogP contribution in [-0.4, -0.2) is 18.3 Å². The summed E-state index contributed by atoms with van der Waals surface area (Å²) in [6.45, 7) is 6.97. The molecular weight excluding hydrogens is 168 g/mol. The Labute approximate surface area is 77.9 Å². The van der Waals surface area contributed by atoms with Crippen LogP contribution in [0, 0.1) is 6.92 Å². The molecule has 0 aliphatic heterocycles. The van der Waals surface area contributed by atoms with E-state index >= 15 is 0 Å². The number of hydrogen-bond donors (Lipinski definition) is 0. The predicted octanol–water partition coefficient (Wildman–Crippen LogP) is 1.00. The first kappa shape index (κ1) is 9.77. The van der Waals surface area contributed by atoms with Gasteiger partial charge in [-0.05, 0) is 25.9 Å². The molecule has 0 atom stereocenters. The maximum Gasteiger partial charge on any atom is 0.434 e. The van der Waals surface area contributed by atoms with Gasteiger partial charge in [0.25, 0.3) is 0 Å². The van der Waals surface area contributed by atoms with E-state index < -0.39 is 0 Å². The zero-order valence-electron chi connectivity index (χ0n) is 8.26. The molecule has 72 valence electrons. The Morgan fingerprint density at radius 3 is 2.62 bits per heavy atom. The molecule has 0 radical (unpaired) electrons. The van der Waals surface area contributed by atoms with Gasteiger partial charge in [-0.25, -0.2) is 0 Å². The summed E-state index contributed by atoms with van der Waals surface area (Å²) >= 11 is 0. The van der Waals surface area contributed by atoms with Crippen LogP contribution in [-0.2, 0) is 0 Å². The van der Waals surface area contributed by atoms with Gasteiger partial charge in [0.2, 0.25) is 5.75 Å². The molecular formula is C9H15N2O2+. The number of rotatable bonds is 4. The summed E-state index contributed by atoms with van der Waals surface area (Å²) in [4.78, 5) is 0. The number of aromatic nitrogens is 2. The second-order valence-electron chi connectivity index (χ2n) is 2.57. The Balaban J connectivity index is 2.89. The van der Waals surface area contributed by atoms with Crippen molar-refractivity contribution in [3.05, 3.63) is 11.8 Å². The molecule has 0 bridgehead atoms. The third-order valence-corrected chi connectivity index (χ3v) is 1.49. The summed E-state index contributed by atoms with van der Waals surface area (Å²) in [5, 5.41) is 6.80. The molecule has 0 aliphatic rings. The Morgan fingerprint density at radius 2 is 2.00 bits per heavy atom. The van der Waals surface area contributed by atoms with E-state index in [2.05, 4.69) is 10.2 Å². The van der Waals surface area contributed by atoms with Gasteiger partial charge in [-0.15, -0.1) is 0 Å².